The molecule has 1 unspecified atom stereocenters. The molecular weight excluding hydrogens is 322 g/mol. The second-order valence-electron chi connectivity index (χ2n) is 6.12. The SMILES string of the molecule is C=CNC(/C=C/CCc1ccccc1)CCC.CCCCCSCC. The van der Waals surface area contributed by atoms with E-state index < -0.39 is 0 Å². The molecule has 0 spiro atoms. The van der Waals surface area contributed by atoms with Gasteiger partial charge in [0.05, 0.1) is 0 Å². The first-order valence-corrected chi connectivity index (χ1v) is 11.1. The summed E-state index contributed by atoms with van der Waals surface area (Å²) in [5.74, 6) is 2.65. The molecule has 0 aliphatic rings. The van der Waals surface area contributed by atoms with Crippen molar-refractivity contribution in [3.63, 3.8) is 0 Å². The number of hydrogen-bond donors (Lipinski definition) is 1. The van der Waals surface area contributed by atoms with Gasteiger partial charge in [-0.2, -0.15) is 11.8 Å². The van der Waals surface area contributed by atoms with Crippen LogP contribution >= 0.6 is 11.8 Å². The quantitative estimate of drug-likeness (QED) is 0.299. The summed E-state index contributed by atoms with van der Waals surface area (Å²) in [5, 5.41) is 3.26. The number of thioether (sulfide) groups is 1. The highest BCUT2D eigenvalue weighted by molar-refractivity contribution is 7.99. The molecule has 0 aliphatic heterocycles. The Balaban J connectivity index is 0.000000609. The zero-order valence-corrected chi connectivity index (χ0v) is 17.5. The predicted molar refractivity (Wildman–Crippen MR) is 118 cm³/mol. The van der Waals surface area contributed by atoms with Gasteiger partial charge in [0, 0.05) is 6.04 Å². The van der Waals surface area contributed by atoms with Gasteiger partial charge in [0.15, 0.2) is 0 Å². The first kappa shape index (κ1) is 23.9. The number of unbranched alkanes of at least 4 members (excludes halogenated alkanes) is 2. The van der Waals surface area contributed by atoms with E-state index in [-0.39, 0.29) is 0 Å². The van der Waals surface area contributed by atoms with Gasteiger partial charge in [-0.3, -0.25) is 0 Å². The Morgan fingerprint density at radius 1 is 1.08 bits per heavy atom. The lowest BCUT2D eigenvalue weighted by Crippen LogP contribution is -2.20. The van der Waals surface area contributed by atoms with Gasteiger partial charge >= 0.3 is 0 Å². The molecule has 1 aromatic carbocycles. The van der Waals surface area contributed by atoms with E-state index in [9.17, 15) is 0 Å². The molecule has 1 aromatic rings. The van der Waals surface area contributed by atoms with Crippen molar-refractivity contribution in [2.75, 3.05) is 11.5 Å². The molecule has 0 radical (unpaired) electrons. The van der Waals surface area contributed by atoms with Crippen molar-refractivity contribution < 1.29 is 0 Å². The van der Waals surface area contributed by atoms with E-state index >= 15 is 0 Å². The van der Waals surface area contributed by atoms with E-state index in [2.05, 4.69) is 75.2 Å². The monoisotopic (exact) mass is 361 g/mol. The van der Waals surface area contributed by atoms with E-state index in [1.54, 1.807) is 6.20 Å². The van der Waals surface area contributed by atoms with Crippen molar-refractivity contribution >= 4 is 11.8 Å². The van der Waals surface area contributed by atoms with Gasteiger partial charge in [-0.1, -0.05) is 89.1 Å². The molecule has 1 N–H and O–H groups in total. The van der Waals surface area contributed by atoms with Crippen LogP contribution in [0.1, 0.15) is 64.9 Å². The zero-order chi connectivity index (χ0) is 18.6. The minimum Gasteiger partial charge on any atom is -0.385 e. The first-order valence-electron chi connectivity index (χ1n) is 9.93. The standard InChI is InChI=1S/C16H23N.C7H16S/c1-3-10-16(17-4-2)14-9-8-13-15-11-6-5-7-12-15;1-3-5-6-7-8-4-2/h4-7,9,11-12,14,16-17H,2-3,8,10,13H2,1H3;3-7H2,1-2H3/b14-9+;. The highest BCUT2D eigenvalue weighted by Gasteiger charge is 1.98. The average molecular weight is 362 g/mol. The van der Waals surface area contributed by atoms with Crippen LogP contribution in [-0.2, 0) is 6.42 Å². The highest BCUT2D eigenvalue weighted by atomic mass is 32.2. The van der Waals surface area contributed by atoms with E-state index in [1.807, 2.05) is 11.8 Å². The largest absolute Gasteiger partial charge is 0.385 e. The lowest BCUT2D eigenvalue weighted by Gasteiger charge is -2.11. The third-order valence-electron chi connectivity index (χ3n) is 3.84. The van der Waals surface area contributed by atoms with Crippen LogP contribution in [0.3, 0.4) is 0 Å². The van der Waals surface area contributed by atoms with Crippen LogP contribution in [0, 0.1) is 0 Å². The summed E-state index contributed by atoms with van der Waals surface area (Å²) in [6, 6.07) is 11.0. The number of aryl methyl sites for hydroxylation is 1. The number of rotatable bonds is 13. The fourth-order valence-corrected chi connectivity index (χ4v) is 3.15. The van der Waals surface area contributed by atoms with Crippen molar-refractivity contribution in [1.29, 1.82) is 0 Å². The molecule has 0 bridgehead atoms. The van der Waals surface area contributed by atoms with Gasteiger partial charge in [0.1, 0.15) is 0 Å². The summed E-state index contributed by atoms with van der Waals surface area (Å²) < 4.78 is 0. The van der Waals surface area contributed by atoms with Gasteiger partial charge in [-0.15, -0.1) is 0 Å². The molecule has 0 amide bonds. The second-order valence-corrected chi connectivity index (χ2v) is 7.52. The Morgan fingerprint density at radius 2 is 1.84 bits per heavy atom. The molecule has 0 aliphatic carbocycles. The van der Waals surface area contributed by atoms with E-state index in [0.717, 1.165) is 19.3 Å². The van der Waals surface area contributed by atoms with Gasteiger partial charge in [-0.05, 0) is 49.0 Å². The van der Waals surface area contributed by atoms with Crippen LogP contribution in [0.5, 0.6) is 0 Å². The van der Waals surface area contributed by atoms with Crippen molar-refractivity contribution in [1.82, 2.24) is 5.32 Å². The molecule has 0 aromatic heterocycles. The molecule has 1 nitrogen and oxygen atoms in total. The maximum absolute atomic E-state index is 3.71. The number of allylic oxidation sites excluding steroid dienone is 1. The lowest BCUT2D eigenvalue weighted by atomic mass is 10.1. The minimum absolute atomic E-state index is 0.438. The molecule has 2 heteroatoms. The number of hydrogen-bond acceptors (Lipinski definition) is 2. The third kappa shape index (κ3) is 16.1. The number of benzene rings is 1. The van der Waals surface area contributed by atoms with Gasteiger partial charge in [0.2, 0.25) is 0 Å². The van der Waals surface area contributed by atoms with Crippen LogP contribution < -0.4 is 5.32 Å². The second kappa shape index (κ2) is 19.2. The molecule has 0 saturated heterocycles. The average Bonchev–Trinajstić information content (AvgIpc) is 2.64. The van der Waals surface area contributed by atoms with Crippen LogP contribution in [-0.4, -0.2) is 17.5 Å². The van der Waals surface area contributed by atoms with E-state index in [0.29, 0.717) is 6.04 Å². The van der Waals surface area contributed by atoms with Crippen LogP contribution in [0.15, 0.2) is 55.3 Å². The molecule has 1 rings (SSSR count). The van der Waals surface area contributed by atoms with Gasteiger partial charge in [0.25, 0.3) is 0 Å². The Morgan fingerprint density at radius 3 is 2.44 bits per heavy atom. The first-order chi connectivity index (χ1) is 12.3. The Bertz CT molecular complexity index is 407. The smallest absolute Gasteiger partial charge is 0.0438 e. The maximum Gasteiger partial charge on any atom is 0.0438 e. The molecule has 0 fully saturated rings. The topological polar surface area (TPSA) is 12.0 Å². The Hall–Kier alpha value is -1.15. The summed E-state index contributed by atoms with van der Waals surface area (Å²) in [4.78, 5) is 0. The minimum atomic E-state index is 0.438. The highest BCUT2D eigenvalue weighted by Crippen LogP contribution is 2.05. The van der Waals surface area contributed by atoms with Crippen molar-refractivity contribution in [3.8, 4) is 0 Å². The lowest BCUT2D eigenvalue weighted by molar-refractivity contribution is 0.626. The molecular formula is C23H39NS. The van der Waals surface area contributed by atoms with Crippen molar-refractivity contribution in [2.45, 2.75) is 71.8 Å². The fraction of sp³-hybridized carbons (Fsp3) is 0.565. The predicted octanol–water partition coefficient (Wildman–Crippen LogP) is 7.01. The molecule has 0 saturated carbocycles. The zero-order valence-electron chi connectivity index (χ0n) is 16.7. The van der Waals surface area contributed by atoms with Gasteiger partial charge in [-0.25, -0.2) is 0 Å². The molecule has 142 valence electrons. The van der Waals surface area contributed by atoms with Crippen molar-refractivity contribution in [2.24, 2.45) is 0 Å². The van der Waals surface area contributed by atoms with Crippen LogP contribution in [0.25, 0.3) is 0 Å². The fourth-order valence-electron chi connectivity index (χ4n) is 2.45. The summed E-state index contributed by atoms with van der Waals surface area (Å²) in [5.41, 5.74) is 1.40. The Labute approximate surface area is 161 Å². The molecule has 0 heterocycles. The van der Waals surface area contributed by atoms with E-state index in [4.69, 9.17) is 0 Å². The molecule has 25 heavy (non-hydrogen) atoms. The summed E-state index contributed by atoms with van der Waals surface area (Å²) in [6.07, 6.45) is 15.0. The van der Waals surface area contributed by atoms with E-state index in [1.165, 1.54) is 42.8 Å². The number of nitrogens with one attached hydrogen (secondary N) is 1. The molecule has 1 atom stereocenters. The van der Waals surface area contributed by atoms with Crippen LogP contribution in [0.2, 0.25) is 0 Å². The maximum atomic E-state index is 3.71. The normalized spacial score (nSPS) is 11.6. The summed E-state index contributed by atoms with van der Waals surface area (Å²) >= 11 is 2.05. The van der Waals surface area contributed by atoms with Crippen molar-refractivity contribution in [3.05, 3.63) is 60.8 Å². The van der Waals surface area contributed by atoms with Gasteiger partial charge < -0.3 is 5.32 Å². The third-order valence-corrected chi connectivity index (χ3v) is 4.82. The Kier molecular flexibility index (Phi) is 18.3. The summed E-state index contributed by atoms with van der Waals surface area (Å²) in [6.45, 7) is 10.4. The summed E-state index contributed by atoms with van der Waals surface area (Å²) in [7, 11) is 0. The van der Waals surface area contributed by atoms with Crippen LogP contribution in [0.4, 0.5) is 0 Å².